The van der Waals surface area contributed by atoms with Crippen LogP contribution in [-0.2, 0) is 5.41 Å². The number of anilines is 3. The Morgan fingerprint density at radius 1 is 0.292 bits per heavy atom. The van der Waals surface area contributed by atoms with E-state index in [9.17, 15) is 0 Å². The van der Waals surface area contributed by atoms with Crippen molar-refractivity contribution in [2.45, 2.75) is 19.3 Å². The predicted molar refractivity (Wildman–Crippen MR) is 297 cm³/mol. The van der Waals surface area contributed by atoms with E-state index in [2.05, 4.69) is 234 Å². The fourth-order valence-electron chi connectivity index (χ4n) is 11.2. The lowest BCUT2D eigenvalue weighted by Gasteiger charge is -2.42. The van der Waals surface area contributed by atoms with Crippen molar-refractivity contribution in [3.63, 3.8) is 0 Å². The molecular weight excluding hydrogens is 877 g/mol. The summed E-state index contributed by atoms with van der Waals surface area (Å²) >= 11 is 0. The first-order valence-electron chi connectivity index (χ1n) is 24.6. The monoisotopic (exact) mass is 922 g/mol. The van der Waals surface area contributed by atoms with Crippen LogP contribution in [0.3, 0.4) is 0 Å². The van der Waals surface area contributed by atoms with Gasteiger partial charge in [-0.25, -0.2) is 15.0 Å². The molecule has 4 heterocycles. The van der Waals surface area contributed by atoms with Gasteiger partial charge in [0, 0.05) is 60.7 Å². The third-order valence-corrected chi connectivity index (χ3v) is 14.7. The molecule has 3 aromatic heterocycles. The maximum absolute atomic E-state index is 5.12. The minimum atomic E-state index is -0.398. The van der Waals surface area contributed by atoms with Gasteiger partial charge >= 0.3 is 0 Å². The third kappa shape index (κ3) is 6.60. The van der Waals surface area contributed by atoms with Crippen molar-refractivity contribution in [3.8, 4) is 56.7 Å². The molecule has 72 heavy (non-hydrogen) atoms. The Bertz CT molecular complexity index is 4170. The van der Waals surface area contributed by atoms with Gasteiger partial charge in [0.05, 0.1) is 33.4 Å². The Labute approximate surface area is 417 Å². The number of hydrogen-bond acceptors (Lipinski definition) is 4. The van der Waals surface area contributed by atoms with E-state index in [0.29, 0.717) is 17.5 Å². The molecule has 1 aliphatic heterocycles. The molecule has 0 unspecified atom stereocenters. The van der Waals surface area contributed by atoms with Gasteiger partial charge in [0.25, 0.3) is 0 Å². The highest BCUT2D eigenvalue weighted by atomic mass is 15.2. The number of hydrogen-bond donors (Lipinski definition) is 0. The summed E-state index contributed by atoms with van der Waals surface area (Å²) in [5.41, 5.74) is 17.5. The van der Waals surface area contributed by atoms with Crippen LogP contribution in [0.5, 0.6) is 0 Å². The highest BCUT2D eigenvalue weighted by molar-refractivity contribution is 6.14. The van der Waals surface area contributed by atoms with E-state index < -0.39 is 5.41 Å². The zero-order valence-corrected chi connectivity index (χ0v) is 39.8. The molecular formula is C66H46N6. The van der Waals surface area contributed by atoms with Gasteiger partial charge in [-0.3, -0.25) is 0 Å². The van der Waals surface area contributed by atoms with E-state index in [1.165, 1.54) is 66.2 Å². The lowest BCUT2D eigenvalue weighted by molar-refractivity contribution is 0.633. The second-order valence-corrected chi connectivity index (χ2v) is 19.3. The van der Waals surface area contributed by atoms with E-state index >= 15 is 0 Å². The van der Waals surface area contributed by atoms with Crippen LogP contribution in [0.15, 0.2) is 243 Å². The number of rotatable bonds is 7. The molecule has 0 atom stereocenters. The molecule has 14 rings (SSSR count). The summed E-state index contributed by atoms with van der Waals surface area (Å²) < 4.78 is 4.88. The number of aromatic nitrogens is 5. The molecule has 10 aromatic carbocycles. The number of fused-ring (bicyclic) bond motifs is 8. The summed E-state index contributed by atoms with van der Waals surface area (Å²) in [6, 6.07) is 86.9. The Balaban J connectivity index is 0.981. The minimum absolute atomic E-state index is 0.398. The van der Waals surface area contributed by atoms with Crippen LogP contribution in [0, 0.1) is 0 Å². The van der Waals surface area contributed by atoms with E-state index in [4.69, 9.17) is 15.0 Å². The Hall–Kier alpha value is -9.39. The highest BCUT2D eigenvalue weighted by Gasteiger charge is 2.39. The quantitative estimate of drug-likeness (QED) is 0.160. The first-order valence-corrected chi connectivity index (χ1v) is 24.6. The largest absolute Gasteiger partial charge is 0.310 e. The molecule has 340 valence electrons. The van der Waals surface area contributed by atoms with Gasteiger partial charge in [0.2, 0.25) is 0 Å². The molecule has 0 radical (unpaired) electrons. The van der Waals surface area contributed by atoms with Gasteiger partial charge in [-0.1, -0.05) is 184 Å². The Morgan fingerprint density at radius 2 is 0.694 bits per heavy atom. The average molecular weight is 923 g/mol. The summed E-state index contributed by atoms with van der Waals surface area (Å²) in [5, 5.41) is 4.83. The first kappa shape index (κ1) is 41.6. The van der Waals surface area contributed by atoms with E-state index in [1.54, 1.807) is 0 Å². The molecule has 0 aliphatic carbocycles. The molecule has 13 aromatic rings. The van der Waals surface area contributed by atoms with Crippen molar-refractivity contribution in [3.05, 3.63) is 254 Å². The number of para-hydroxylation sites is 3. The van der Waals surface area contributed by atoms with E-state index in [0.717, 1.165) is 44.8 Å². The molecule has 6 nitrogen and oxygen atoms in total. The Kier molecular flexibility index (Phi) is 9.45. The van der Waals surface area contributed by atoms with Crippen LogP contribution in [0.25, 0.3) is 100 Å². The van der Waals surface area contributed by atoms with Crippen LogP contribution in [0.1, 0.15) is 25.0 Å². The summed E-state index contributed by atoms with van der Waals surface area (Å²) in [4.78, 5) is 17.7. The molecule has 6 heteroatoms. The second kappa shape index (κ2) is 16.4. The standard InChI is InChI=1S/C66H46N6/c1-66(2)55-39-53-51-33-15-17-35-57(51)72(49-31-19-27-46(37-49)43-21-7-3-8-22-43)60(53)42-62(55)70(48-29-13-6-14-30-48)61-40-54-52-34-16-18-36-58(52)71(59(54)41-56(61)66)50-32-20-28-47(38-50)65-68-63(44-23-9-4-10-24-44)67-64(69-65)45-25-11-5-12-26-45/h3-42H,1-2H3. The van der Waals surface area contributed by atoms with Gasteiger partial charge in [0.1, 0.15) is 0 Å². The Morgan fingerprint density at radius 3 is 1.28 bits per heavy atom. The van der Waals surface area contributed by atoms with Crippen molar-refractivity contribution in [2.75, 3.05) is 4.90 Å². The predicted octanol–water partition coefficient (Wildman–Crippen LogP) is 16.8. The summed E-state index contributed by atoms with van der Waals surface area (Å²) in [7, 11) is 0. The molecule has 0 bridgehead atoms. The molecule has 0 saturated carbocycles. The van der Waals surface area contributed by atoms with Gasteiger partial charge in [-0.05, 0) is 95.1 Å². The zero-order chi connectivity index (χ0) is 47.9. The van der Waals surface area contributed by atoms with Crippen LogP contribution in [0.2, 0.25) is 0 Å². The molecule has 0 amide bonds. The maximum atomic E-state index is 5.12. The summed E-state index contributed by atoms with van der Waals surface area (Å²) in [6.07, 6.45) is 0. The topological polar surface area (TPSA) is 51.8 Å². The van der Waals surface area contributed by atoms with Crippen molar-refractivity contribution in [1.29, 1.82) is 0 Å². The first-order chi connectivity index (χ1) is 35.5. The maximum Gasteiger partial charge on any atom is 0.164 e. The van der Waals surface area contributed by atoms with Gasteiger partial charge in [-0.15, -0.1) is 0 Å². The van der Waals surface area contributed by atoms with Crippen molar-refractivity contribution in [2.24, 2.45) is 0 Å². The fraction of sp³-hybridized carbons (Fsp3) is 0.0455. The average Bonchev–Trinajstić information content (AvgIpc) is 3.95. The summed E-state index contributed by atoms with van der Waals surface area (Å²) in [5.74, 6) is 1.89. The van der Waals surface area contributed by atoms with Crippen LogP contribution < -0.4 is 4.90 Å². The van der Waals surface area contributed by atoms with Gasteiger partial charge < -0.3 is 14.0 Å². The van der Waals surface area contributed by atoms with E-state index in [-0.39, 0.29) is 0 Å². The molecule has 0 fully saturated rings. The second-order valence-electron chi connectivity index (χ2n) is 19.3. The third-order valence-electron chi connectivity index (χ3n) is 14.7. The zero-order valence-electron chi connectivity index (χ0n) is 39.8. The lowest BCUT2D eigenvalue weighted by atomic mass is 9.72. The lowest BCUT2D eigenvalue weighted by Crippen LogP contribution is -2.30. The van der Waals surface area contributed by atoms with Crippen molar-refractivity contribution < 1.29 is 0 Å². The van der Waals surface area contributed by atoms with Crippen LogP contribution >= 0.6 is 0 Å². The van der Waals surface area contributed by atoms with Crippen LogP contribution in [-0.4, -0.2) is 24.1 Å². The molecule has 0 saturated heterocycles. The SMILES string of the molecule is CC1(C)c2cc3c4ccccc4n(-c4cccc(-c5ccccc5)c4)c3cc2N(c2ccccc2)c2cc3c4ccccc4n(-c4cccc(-c5nc(-c6ccccc6)nc(-c6ccccc6)n5)c4)c3cc21. The smallest absolute Gasteiger partial charge is 0.164 e. The van der Waals surface area contributed by atoms with Gasteiger partial charge in [-0.2, -0.15) is 0 Å². The highest BCUT2D eigenvalue weighted by Crippen LogP contribution is 2.55. The normalized spacial score (nSPS) is 12.9. The minimum Gasteiger partial charge on any atom is -0.310 e. The van der Waals surface area contributed by atoms with Crippen molar-refractivity contribution >= 4 is 60.7 Å². The molecule has 0 spiro atoms. The summed E-state index contributed by atoms with van der Waals surface area (Å²) in [6.45, 7) is 4.80. The number of nitrogens with zero attached hydrogens (tertiary/aromatic N) is 6. The van der Waals surface area contributed by atoms with Crippen LogP contribution in [0.4, 0.5) is 17.1 Å². The molecule has 0 N–H and O–H groups in total. The van der Waals surface area contributed by atoms with E-state index in [1.807, 2.05) is 36.4 Å². The van der Waals surface area contributed by atoms with Gasteiger partial charge in [0.15, 0.2) is 17.5 Å². The van der Waals surface area contributed by atoms with Crippen molar-refractivity contribution in [1.82, 2.24) is 24.1 Å². The molecule has 1 aliphatic rings. The fourth-order valence-corrected chi connectivity index (χ4v) is 11.2. The number of benzene rings is 10.